The van der Waals surface area contributed by atoms with E-state index in [1.807, 2.05) is 32.0 Å². The first-order chi connectivity index (χ1) is 9.65. The molecule has 3 rings (SSSR count). The van der Waals surface area contributed by atoms with Gasteiger partial charge in [-0.15, -0.1) is 0 Å². The first kappa shape index (κ1) is 12.5. The Morgan fingerprint density at radius 1 is 1.35 bits per heavy atom. The van der Waals surface area contributed by atoms with Gasteiger partial charge in [0.15, 0.2) is 17.2 Å². The third-order valence-electron chi connectivity index (χ3n) is 3.36. The molecular formula is C14H15N3O3. The minimum Gasteiger partial charge on any atom is -0.454 e. The lowest BCUT2D eigenvalue weighted by Gasteiger charge is -2.05. The molecule has 1 aromatic carbocycles. The Morgan fingerprint density at radius 3 is 2.90 bits per heavy atom. The van der Waals surface area contributed by atoms with E-state index in [9.17, 15) is 4.79 Å². The number of rotatable bonds is 3. The van der Waals surface area contributed by atoms with E-state index < -0.39 is 0 Å². The molecule has 0 aliphatic carbocycles. The topological polar surface area (TPSA) is 76.2 Å². The number of ether oxygens (including phenoxy) is 2. The minimum atomic E-state index is -0.190. The summed E-state index contributed by atoms with van der Waals surface area (Å²) in [5.74, 6) is 1.26. The van der Waals surface area contributed by atoms with Gasteiger partial charge in [-0.1, -0.05) is 6.07 Å². The lowest BCUT2D eigenvalue weighted by Crippen LogP contribution is -2.23. The molecule has 2 aromatic rings. The number of hydrogen-bond donors (Lipinski definition) is 2. The van der Waals surface area contributed by atoms with Crippen molar-refractivity contribution in [2.24, 2.45) is 0 Å². The van der Waals surface area contributed by atoms with Crippen LogP contribution >= 0.6 is 0 Å². The predicted molar refractivity (Wildman–Crippen MR) is 71.8 cm³/mol. The quantitative estimate of drug-likeness (QED) is 0.892. The zero-order valence-corrected chi connectivity index (χ0v) is 11.3. The van der Waals surface area contributed by atoms with E-state index >= 15 is 0 Å². The molecule has 2 N–H and O–H groups in total. The zero-order chi connectivity index (χ0) is 14.1. The van der Waals surface area contributed by atoms with E-state index in [1.54, 1.807) is 0 Å². The summed E-state index contributed by atoms with van der Waals surface area (Å²) in [4.78, 5) is 12.0. The van der Waals surface area contributed by atoms with E-state index in [4.69, 9.17) is 9.47 Å². The molecule has 0 fully saturated rings. The number of benzene rings is 1. The molecule has 0 radical (unpaired) electrons. The van der Waals surface area contributed by atoms with Crippen LogP contribution < -0.4 is 14.8 Å². The number of nitrogens with zero attached hydrogens (tertiary/aromatic N) is 1. The molecule has 20 heavy (non-hydrogen) atoms. The molecule has 1 aliphatic rings. The molecule has 0 saturated heterocycles. The molecule has 1 aliphatic heterocycles. The molecule has 0 spiro atoms. The zero-order valence-electron chi connectivity index (χ0n) is 11.3. The van der Waals surface area contributed by atoms with Gasteiger partial charge in [0.1, 0.15) is 0 Å². The largest absolute Gasteiger partial charge is 0.454 e. The Labute approximate surface area is 116 Å². The predicted octanol–water partition coefficient (Wildman–Crippen LogP) is 1.69. The molecule has 2 heterocycles. The molecule has 1 aromatic heterocycles. The maximum Gasteiger partial charge on any atom is 0.272 e. The van der Waals surface area contributed by atoms with E-state index in [1.165, 1.54) is 0 Å². The van der Waals surface area contributed by atoms with Gasteiger partial charge in [0, 0.05) is 17.8 Å². The fraction of sp³-hybridized carbons (Fsp3) is 0.286. The van der Waals surface area contributed by atoms with Crippen LogP contribution in [-0.4, -0.2) is 22.9 Å². The SMILES string of the molecule is Cc1[nH]nc(C(=O)NCc2ccc3c(c2)OCO3)c1C. The minimum absolute atomic E-state index is 0.190. The van der Waals surface area contributed by atoms with Crippen molar-refractivity contribution in [2.45, 2.75) is 20.4 Å². The smallest absolute Gasteiger partial charge is 0.272 e. The van der Waals surface area contributed by atoms with E-state index in [0.717, 1.165) is 22.6 Å². The molecule has 1 amide bonds. The summed E-state index contributed by atoms with van der Waals surface area (Å²) in [6.45, 7) is 4.42. The third-order valence-corrected chi connectivity index (χ3v) is 3.36. The van der Waals surface area contributed by atoms with Crippen LogP contribution in [0.4, 0.5) is 0 Å². The van der Waals surface area contributed by atoms with Gasteiger partial charge < -0.3 is 14.8 Å². The fourth-order valence-electron chi connectivity index (χ4n) is 2.02. The summed E-state index contributed by atoms with van der Waals surface area (Å²) in [5, 5.41) is 9.65. The van der Waals surface area contributed by atoms with Crippen molar-refractivity contribution in [1.29, 1.82) is 0 Å². The van der Waals surface area contributed by atoms with Crippen LogP contribution in [0, 0.1) is 13.8 Å². The van der Waals surface area contributed by atoms with Gasteiger partial charge in [0.05, 0.1) is 0 Å². The maximum atomic E-state index is 12.0. The molecule has 104 valence electrons. The van der Waals surface area contributed by atoms with Crippen LogP contribution in [0.15, 0.2) is 18.2 Å². The van der Waals surface area contributed by atoms with Gasteiger partial charge in [0.2, 0.25) is 6.79 Å². The van der Waals surface area contributed by atoms with Crippen molar-refractivity contribution in [1.82, 2.24) is 15.5 Å². The number of carbonyl (C=O) groups excluding carboxylic acids is 1. The average molecular weight is 273 g/mol. The highest BCUT2D eigenvalue weighted by Gasteiger charge is 2.16. The number of H-pyrrole nitrogens is 1. The van der Waals surface area contributed by atoms with Crippen LogP contribution in [0.25, 0.3) is 0 Å². The normalized spacial score (nSPS) is 12.5. The van der Waals surface area contributed by atoms with Gasteiger partial charge in [-0.05, 0) is 31.5 Å². The molecular weight excluding hydrogens is 258 g/mol. The number of amides is 1. The first-order valence-electron chi connectivity index (χ1n) is 6.33. The number of fused-ring (bicyclic) bond motifs is 1. The van der Waals surface area contributed by atoms with Gasteiger partial charge in [-0.25, -0.2) is 0 Å². The molecule has 0 saturated carbocycles. The average Bonchev–Trinajstić information content (AvgIpc) is 3.03. The molecule has 6 nitrogen and oxygen atoms in total. The van der Waals surface area contributed by atoms with E-state index in [0.29, 0.717) is 18.0 Å². The van der Waals surface area contributed by atoms with E-state index in [2.05, 4.69) is 15.5 Å². The van der Waals surface area contributed by atoms with Crippen LogP contribution in [0.3, 0.4) is 0 Å². The maximum absolute atomic E-state index is 12.0. The van der Waals surface area contributed by atoms with Crippen LogP contribution in [-0.2, 0) is 6.54 Å². The standard InChI is InChI=1S/C14H15N3O3/c1-8-9(2)16-17-13(8)14(18)15-6-10-3-4-11-12(5-10)20-7-19-11/h3-5H,6-7H2,1-2H3,(H,15,18)(H,16,17). The highest BCUT2D eigenvalue weighted by atomic mass is 16.7. The first-order valence-corrected chi connectivity index (χ1v) is 6.33. The van der Waals surface area contributed by atoms with Crippen LogP contribution in [0.1, 0.15) is 27.3 Å². The second-order valence-corrected chi connectivity index (χ2v) is 4.69. The lowest BCUT2D eigenvalue weighted by atomic mass is 10.2. The van der Waals surface area contributed by atoms with Crippen molar-refractivity contribution >= 4 is 5.91 Å². The molecule has 0 atom stereocenters. The summed E-state index contributed by atoms with van der Waals surface area (Å²) in [6, 6.07) is 5.61. The van der Waals surface area contributed by atoms with Gasteiger partial charge in [-0.3, -0.25) is 9.89 Å². The van der Waals surface area contributed by atoms with Gasteiger partial charge in [0.25, 0.3) is 5.91 Å². The van der Waals surface area contributed by atoms with Gasteiger partial charge in [-0.2, -0.15) is 5.10 Å². The van der Waals surface area contributed by atoms with Crippen molar-refractivity contribution in [3.63, 3.8) is 0 Å². The Morgan fingerprint density at radius 2 is 2.15 bits per heavy atom. The van der Waals surface area contributed by atoms with Gasteiger partial charge >= 0.3 is 0 Å². The molecule has 0 unspecified atom stereocenters. The van der Waals surface area contributed by atoms with Crippen molar-refractivity contribution in [3.8, 4) is 11.5 Å². The fourth-order valence-corrected chi connectivity index (χ4v) is 2.02. The summed E-state index contributed by atoms with van der Waals surface area (Å²) >= 11 is 0. The lowest BCUT2D eigenvalue weighted by molar-refractivity contribution is 0.0945. The van der Waals surface area contributed by atoms with Crippen molar-refractivity contribution in [2.75, 3.05) is 6.79 Å². The van der Waals surface area contributed by atoms with Crippen LogP contribution in [0.2, 0.25) is 0 Å². The number of carbonyl (C=O) groups is 1. The Balaban J connectivity index is 1.67. The summed E-state index contributed by atoms with van der Waals surface area (Å²) in [6.07, 6.45) is 0. The monoisotopic (exact) mass is 273 g/mol. The second-order valence-electron chi connectivity index (χ2n) is 4.69. The highest BCUT2D eigenvalue weighted by Crippen LogP contribution is 2.32. The summed E-state index contributed by atoms with van der Waals surface area (Å²) in [7, 11) is 0. The number of hydrogen-bond acceptors (Lipinski definition) is 4. The van der Waals surface area contributed by atoms with E-state index in [-0.39, 0.29) is 12.7 Å². The molecule has 0 bridgehead atoms. The Bertz CT molecular complexity index is 664. The third kappa shape index (κ3) is 2.20. The Kier molecular flexibility index (Phi) is 3.06. The molecule has 6 heteroatoms. The van der Waals surface area contributed by atoms with Crippen LogP contribution in [0.5, 0.6) is 11.5 Å². The summed E-state index contributed by atoms with van der Waals surface area (Å²) in [5.41, 5.74) is 3.15. The van der Waals surface area contributed by atoms with Crippen molar-refractivity contribution in [3.05, 3.63) is 40.7 Å². The second kappa shape index (κ2) is 4.88. The number of aryl methyl sites for hydroxylation is 1. The highest BCUT2D eigenvalue weighted by molar-refractivity contribution is 5.93. The number of aromatic amines is 1. The Hall–Kier alpha value is -2.50. The number of aromatic nitrogens is 2. The number of nitrogens with one attached hydrogen (secondary N) is 2. The van der Waals surface area contributed by atoms with Crippen molar-refractivity contribution < 1.29 is 14.3 Å². The summed E-state index contributed by atoms with van der Waals surface area (Å²) < 4.78 is 10.5.